The van der Waals surface area contributed by atoms with Gasteiger partial charge < -0.3 is 0 Å². The highest BCUT2D eigenvalue weighted by atomic mass is 35.5. The van der Waals surface area contributed by atoms with Crippen LogP contribution in [0.1, 0.15) is 44.9 Å². The molecule has 2 amide bonds. The summed E-state index contributed by atoms with van der Waals surface area (Å²) in [5, 5.41) is 0.904. The standard InChI is InChI=1S/C23H24Cl2N2O4S/c24-16-7-11-18(12-8-16)26-22(28)15-21(23(26)29)27(19-5-3-1-2-4-6-19)32(30,31)20-13-9-17(25)10-14-20/h7-14,19,21H,1-6,15H2. The maximum absolute atomic E-state index is 13.8. The summed E-state index contributed by atoms with van der Waals surface area (Å²) < 4.78 is 28.8. The molecular weight excluding hydrogens is 471 g/mol. The summed E-state index contributed by atoms with van der Waals surface area (Å²) in [6.45, 7) is 0. The molecule has 2 fully saturated rings. The molecule has 0 radical (unpaired) electrons. The molecule has 6 nitrogen and oxygen atoms in total. The smallest absolute Gasteiger partial charge is 0.252 e. The normalized spacial score (nSPS) is 20.7. The molecule has 2 aliphatic rings. The Hall–Kier alpha value is -1.93. The first-order valence-corrected chi connectivity index (χ1v) is 12.9. The number of amides is 2. The van der Waals surface area contributed by atoms with Crippen molar-refractivity contribution in [3.8, 4) is 0 Å². The summed E-state index contributed by atoms with van der Waals surface area (Å²) in [4.78, 5) is 27.5. The van der Waals surface area contributed by atoms with Crippen LogP contribution in [-0.4, -0.2) is 36.6 Å². The quantitative estimate of drug-likeness (QED) is 0.430. The van der Waals surface area contributed by atoms with Crippen LogP contribution in [0.4, 0.5) is 5.69 Å². The maximum atomic E-state index is 13.8. The van der Waals surface area contributed by atoms with Gasteiger partial charge in [-0.1, -0.05) is 48.9 Å². The Balaban J connectivity index is 1.74. The van der Waals surface area contributed by atoms with Crippen molar-refractivity contribution in [3.63, 3.8) is 0 Å². The predicted molar refractivity (Wildman–Crippen MR) is 124 cm³/mol. The van der Waals surface area contributed by atoms with Crippen molar-refractivity contribution in [2.45, 2.75) is 61.9 Å². The molecule has 1 saturated carbocycles. The Morgan fingerprint density at radius 2 is 1.34 bits per heavy atom. The molecular formula is C23H24Cl2N2O4S. The first-order chi connectivity index (χ1) is 15.3. The lowest BCUT2D eigenvalue weighted by Gasteiger charge is -2.33. The molecule has 0 spiro atoms. The van der Waals surface area contributed by atoms with E-state index in [0.29, 0.717) is 28.6 Å². The average molecular weight is 495 g/mol. The Morgan fingerprint density at radius 3 is 1.91 bits per heavy atom. The fourth-order valence-corrected chi connectivity index (χ4v) is 6.61. The first-order valence-electron chi connectivity index (χ1n) is 10.7. The van der Waals surface area contributed by atoms with E-state index in [-0.39, 0.29) is 17.4 Å². The zero-order valence-electron chi connectivity index (χ0n) is 17.4. The molecule has 0 bridgehead atoms. The highest BCUT2D eigenvalue weighted by Crippen LogP contribution is 2.35. The number of sulfonamides is 1. The monoisotopic (exact) mass is 494 g/mol. The molecule has 170 valence electrons. The molecule has 9 heteroatoms. The van der Waals surface area contributed by atoms with Crippen LogP contribution in [0, 0.1) is 0 Å². The van der Waals surface area contributed by atoms with Gasteiger partial charge in [0.05, 0.1) is 17.0 Å². The third-order valence-corrected chi connectivity index (χ3v) is 8.57. The molecule has 32 heavy (non-hydrogen) atoms. The molecule has 1 heterocycles. The molecule has 1 aliphatic heterocycles. The van der Waals surface area contributed by atoms with Gasteiger partial charge in [0.25, 0.3) is 5.91 Å². The minimum atomic E-state index is -4.03. The number of carbonyl (C=O) groups excluding carboxylic acids is 2. The van der Waals surface area contributed by atoms with Crippen LogP contribution in [0.25, 0.3) is 0 Å². The SMILES string of the molecule is O=C1CC(N(C2CCCCCC2)S(=O)(=O)c2ccc(Cl)cc2)C(=O)N1c1ccc(Cl)cc1. The number of carbonyl (C=O) groups is 2. The number of benzene rings is 2. The highest BCUT2D eigenvalue weighted by Gasteiger charge is 2.49. The van der Waals surface area contributed by atoms with Crippen LogP contribution in [0.3, 0.4) is 0 Å². The number of anilines is 1. The number of nitrogens with zero attached hydrogens (tertiary/aromatic N) is 2. The molecule has 1 atom stereocenters. The van der Waals surface area contributed by atoms with Gasteiger partial charge in [-0.25, -0.2) is 13.3 Å². The van der Waals surface area contributed by atoms with E-state index in [9.17, 15) is 18.0 Å². The Bertz CT molecular complexity index is 1100. The third kappa shape index (κ3) is 4.57. The van der Waals surface area contributed by atoms with E-state index in [4.69, 9.17) is 23.2 Å². The van der Waals surface area contributed by atoms with Crippen molar-refractivity contribution in [3.05, 3.63) is 58.6 Å². The van der Waals surface area contributed by atoms with E-state index in [1.54, 1.807) is 24.3 Å². The number of hydrogen-bond acceptors (Lipinski definition) is 4. The van der Waals surface area contributed by atoms with Crippen LogP contribution < -0.4 is 4.90 Å². The van der Waals surface area contributed by atoms with Gasteiger partial charge in [-0.15, -0.1) is 0 Å². The fraction of sp³-hybridized carbons (Fsp3) is 0.391. The predicted octanol–water partition coefficient (Wildman–Crippen LogP) is 5.04. The molecule has 2 aromatic rings. The number of rotatable bonds is 5. The van der Waals surface area contributed by atoms with Crippen LogP contribution >= 0.6 is 23.2 Å². The van der Waals surface area contributed by atoms with Crippen molar-refractivity contribution in [2.75, 3.05) is 4.90 Å². The summed E-state index contributed by atoms with van der Waals surface area (Å²) in [5.41, 5.74) is 0.386. The molecule has 1 aliphatic carbocycles. The molecule has 4 rings (SSSR count). The second kappa shape index (κ2) is 9.51. The largest absolute Gasteiger partial charge is 0.274 e. The van der Waals surface area contributed by atoms with Crippen LogP contribution in [0.2, 0.25) is 10.0 Å². The summed E-state index contributed by atoms with van der Waals surface area (Å²) in [5.74, 6) is -0.952. The molecule has 1 unspecified atom stereocenters. The lowest BCUT2D eigenvalue weighted by Crippen LogP contribution is -2.50. The van der Waals surface area contributed by atoms with Crippen molar-refractivity contribution in [1.82, 2.24) is 4.31 Å². The summed E-state index contributed by atoms with van der Waals surface area (Å²) in [7, 11) is -4.03. The van der Waals surface area contributed by atoms with Gasteiger partial charge in [-0.05, 0) is 61.4 Å². The van der Waals surface area contributed by atoms with E-state index >= 15 is 0 Å². The van der Waals surface area contributed by atoms with E-state index in [0.717, 1.165) is 30.6 Å². The van der Waals surface area contributed by atoms with Crippen LogP contribution in [-0.2, 0) is 19.6 Å². The summed E-state index contributed by atoms with van der Waals surface area (Å²) >= 11 is 11.9. The number of imide groups is 1. The van der Waals surface area contributed by atoms with Crippen LogP contribution in [0.15, 0.2) is 53.4 Å². The second-order valence-corrected chi connectivity index (χ2v) is 10.9. The van der Waals surface area contributed by atoms with E-state index in [1.807, 2.05) is 0 Å². The topological polar surface area (TPSA) is 74.8 Å². The Labute approximate surface area is 198 Å². The minimum Gasteiger partial charge on any atom is -0.274 e. The summed E-state index contributed by atoms with van der Waals surface area (Å²) in [6.07, 6.45) is 4.95. The zero-order valence-corrected chi connectivity index (χ0v) is 19.7. The first kappa shape index (κ1) is 23.2. The van der Waals surface area contributed by atoms with Gasteiger partial charge in [0.2, 0.25) is 15.9 Å². The highest BCUT2D eigenvalue weighted by molar-refractivity contribution is 7.89. The van der Waals surface area contributed by atoms with Crippen molar-refractivity contribution in [1.29, 1.82) is 0 Å². The van der Waals surface area contributed by atoms with Gasteiger partial charge in [0.15, 0.2) is 0 Å². The zero-order chi connectivity index (χ0) is 22.9. The van der Waals surface area contributed by atoms with E-state index < -0.39 is 27.9 Å². The van der Waals surface area contributed by atoms with Crippen molar-refractivity contribution >= 4 is 50.7 Å². The van der Waals surface area contributed by atoms with E-state index in [1.165, 1.54) is 28.6 Å². The second-order valence-electron chi connectivity index (χ2n) is 8.20. The minimum absolute atomic E-state index is 0.0661. The van der Waals surface area contributed by atoms with Crippen molar-refractivity contribution in [2.24, 2.45) is 0 Å². The van der Waals surface area contributed by atoms with Gasteiger partial charge in [-0.3, -0.25) is 9.59 Å². The molecule has 0 N–H and O–H groups in total. The molecule has 1 saturated heterocycles. The molecule has 0 aromatic heterocycles. The molecule has 2 aromatic carbocycles. The average Bonchev–Trinajstić information content (AvgIpc) is 2.93. The van der Waals surface area contributed by atoms with Gasteiger partial charge >= 0.3 is 0 Å². The van der Waals surface area contributed by atoms with E-state index in [2.05, 4.69) is 0 Å². The number of halogens is 2. The fourth-order valence-electron chi connectivity index (χ4n) is 4.53. The van der Waals surface area contributed by atoms with Gasteiger partial charge in [0.1, 0.15) is 6.04 Å². The van der Waals surface area contributed by atoms with Crippen LogP contribution in [0.5, 0.6) is 0 Å². The lowest BCUT2D eigenvalue weighted by atomic mass is 10.1. The summed E-state index contributed by atoms with van der Waals surface area (Å²) in [6, 6.07) is 10.9. The third-order valence-electron chi connectivity index (χ3n) is 6.09. The van der Waals surface area contributed by atoms with Gasteiger partial charge in [0, 0.05) is 16.1 Å². The van der Waals surface area contributed by atoms with Gasteiger partial charge in [-0.2, -0.15) is 4.31 Å². The lowest BCUT2D eigenvalue weighted by molar-refractivity contribution is -0.122. The van der Waals surface area contributed by atoms with Crippen molar-refractivity contribution < 1.29 is 18.0 Å². The number of hydrogen-bond donors (Lipinski definition) is 0. The Kier molecular flexibility index (Phi) is 6.91. The maximum Gasteiger partial charge on any atom is 0.252 e. The Morgan fingerprint density at radius 1 is 0.812 bits per heavy atom.